The van der Waals surface area contributed by atoms with Gasteiger partial charge in [-0.2, -0.15) is 10.2 Å². The smallest absolute Gasteiger partial charge is 0.322 e. The van der Waals surface area contributed by atoms with Gasteiger partial charge in [0.05, 0.1) is 23.2 Å². The topological polar surface area (TPSA) is 117 Å². The maximum atomic E-state index is 12.9. The van der Waals surface area contributed by atoms with Gasteiger partial charge >= 0.3 is 11.8 Å². The first-order valence-electron chi connectivity index (χ1n) is 13.2. The van der Waals surface area contributed by atoms with Crippen LogP contribution < -0.4 is 16.1 Å². The van der Waals surface area contributed by atoms with Crippen LogP contribution >= 0.6 is 0 Å². The number of carbonyl (C=O) groups excluding carboxylic acids is 3. The van der Waals surface area contributed by atoms with E-state index in [1.54, 1.807) is 41.2 Å². The molecule has 1 heterocycles. The second kappa shape index (κ2) is 12.6. The van der Waals surface area contributed by atoms with E-state index in [1.165, 1.54) is 6.21 Å². The second-order valence-corrected chi connectivity index (χ2v) is 9.60. The lowest BCUT2D eigenvalue weighted by Crippen LogP contribution is -2.33. The Bertz CT molecular complexity index is 1780. The summed E-state index contributed by atoms with van der Waals surface area (Å²) in [6.45, 7) is 3.92. The molecule has 5 aromatic rings. The van der Waals surface area contributed by atoms with Crippen LogP contribution in [0.4, 0.5) is 11.4 Å². The van der Waals surface area contributed by atoms with Crippen molar-refractivity contribution < 1.29 is 14.4 Å². The number of carbonyl (C=O) groups is 3. The van der Waals surface area contributed by atoms with Gasteiger partial charge in [0.1, 0.15) is 5.69 Å². The highest BCUT2D eigenvalue weighted by atomic mass is 16.2. The number of benzene rings is 4. The number of rotatable bonds is 7. The van der Waals surface area contributed by atoms with Crippen LogP contribution in [0.15, 0.2) is 114 Å². The molecule has 0 saturated carbocycles. The van der Waals surface area contributed by atoms with Gasteiger partial charge < -0.3 is 10.6 Å². The Balaban J connectivity index is 1.29. The SMILES string of the molecule is Cc1ccc(-c2nn(-c3ccccc3)cc2/C=N/NC(=O)C(=O)Nc2ccccc2C(=O)Nc2cccc(C)c2)cc1. The number of aryl methyl sites for hydroxylation is 2. The number of nitrogens with one attached hydrogen (secondary N) is 3. The van der Waals surface area contributed by atoms with Crippen LogP contribution in [0.5, 0.6) is 0 Å². The molecule has 0 fully saturated rings. The minimum Gasteiger partial charge on any atom is -0.322 e. The lowest BCUT2D eigenvalue weighted by molar-refractivity contribution is -0.136. The van der Waals surface area contributed by atoms with Gasteiger partial charge in [0.25, 0.3) is 5.91 Å². The lowest BCUT2D eigenvalue weighted by Gasteiger charge is -2.11. The maximum absolute atomic E-state index is 12.9. The van der Waals surface area contributed by atoms with Crippen molar-refractivity contribution in [1.29, 1.82) is 0 Å². The van der Waals surface area contributed by atoms with Crippen molar-refractivity contribution in [1.82, 2.24) is 15.2 Å². The van der Waals surface area contributed by atoms with Crippen molar-refractivity contribution in [2.24, 2.45) is 5.10 Å². The summed E-state index contributed by atoms with van der Waals surface area (Å²) in [5.41, 5.74) is 8.43. The molecule has 1 aromatic heterocycles. The molecule has 0 radical (unpaired) electrons. The molecule has 0 atom stereocenters. The highest BCUT2D eigenvalue weighted by Crippen LogP contribution is 2.23. The molecule has 0 saturated heterocycles. The Labute approximate surface area is 242 Å². The summed E-state index contributed by atoms with van der Waals surface area (Å²) >= 11 is 0. The summed E-state index contributed by atoms with van der Waals surface area (Å²) in [6.07, 6.45) is 3.24. The number of anilines is 2. The summed E-state index contributed by atoms with van der Waals surface area (Å²) in [7, 11) is 0. The summed E-state index contributed by atoms with van der Waals surface area (Å²) < 4.78 is 1.73. The number of amides is 3. The summed E-state index contributed by atoms with van der Waals surface area (Å²) in [5, 5.41) is 14.1. The zero-order valence-electron chi connectivity index (χ0n) is 23.0. The summed E-state index contributed by atoms with van der Waals surface area (Å²) in [4.78, 5) is 38.2. The van der Waals surface area contributed by atoms with Crippen molar-refractivity contribution in [2.45, 2.75) is 13.8 Å². The zero-order valence-corrected chi connectivity index (χ0v) is 23.0. The van der Waals surface area contributed by atoms with Crippen LogP contribution in [0, 0.1) is 13.8 Å². The number of hydrogen-bond donors (Lipinski definition) is 3. The van der Waals surface area contributed by atoms with Crippen molar-refractivity contribution in [3.8, 4) is 16.9 Å². The highest BCUT2D eigenvalue weighted by Gasteiger charge is 2.18. The van der Waals surface area contributed by atoms with Crippen LogP contribution in [0.25, 0.3) is 16.9 Å². The molecular formula is C33H28N6O3. The monoisotopic (exact) mass is 556 g/mol. The average molecular weight is 557 g/mol. The van der Waals surface area contributed by atoms with Gasteiger partial charge in [0, 0.05) is 23.0 Å². The maximum Gasteiger partial charge on any atom is 0.329 e. The Morgan fingerprint density at radius 3 is 2.26 bits per heavy atom. The van der Waals surface area contributed by atoms with Crippen LogP contribution in [0.3, 0.4) is 0 Å². The molecule has 0 spiro atoms. The van der Waals surface area contributed by atoms with Crippen molar-refractivity contribution in [2.75, 3.05) is 10.6 Å². The number of hydrogen-bond acceptors (Lipinski definition) is 5. The molecule has 3 amide bonds. The molecular weight excluding hydrogens is 528 g/mol. The predicted molar refractivity (Wildman–Crippen MR) is 164 cm³/mol. The molecule has 0 aliphatic rings. The van der Waals surface area contributed by atoms with E-state index in [-0.39, 0.29) is 11.3 Å². The molecule has 4 aromatic carbocycles. The van der Waals surface area contributed by atoms with E-state index in [2.05, 4.69) is 21.2 Å². The number of hydrazone groups is 1. The molecule has 208 valence electrons. The Morgan fingerprint density at radius 1 is 0.762 bits per heavy atom. The highest BCUT2D eigenvalue weighted by molar-refractivity contribution is 6.40. The third-order valence-corrected chi connectivity index (χ3v) is 6.36. The van der Waals surface area contributed by atoms with E-state index >= 15 is 0 Å². The predicted octanol–water partition coefficient (Wildman–Crippen LogP) is 5.50. The van der Waals surface area contributed by atoms with E-state index in [9.17, 15) is 14.4 Å². The molecule has 0 aliphatic carbocycles. The van der Waals surface area contributed by atoms with E-state index in [0.717, 1.165) is 22.4 Å². The van der Waals surface area contributed by atoms with Gasteiger partial charge in [0.15, 0.2) is 0 Å². The molecule has 42 heavy (non-hydrogen) atoms. The first-order chi connectivity index (χ1) is 20.4. The molecule has 0 bridgehead atoms. The summed E-state index contributed by atoms with van der Waals surface area (Å²) in [6, 6.07) is 31.3. The van der Waals surface area contributed by atoms with Crippen LogP contribution in [-0.2, 0) is 9.59 Å². The van der Waals surface area contributed by atoms with Crippen LogP contribution in [0.1, 0.15) is 27.0 Å². The quantitative estimate of drug-likeness (QED) is 0.139. The molecule has 9 heteroatoms. The Morgan fingerprint density at radius 2 is 1.50 bits per heavy atom. The van der Waals surface area contributed by atoms with Crippen molar-refractivity contribution >= 4 is 35.3 Å². The minimum absolute atomic E-state index is 0.192. The van der Waals surface area contributed by atoms with E-state index in [1.807, 2.05) is 86.6 Å². The van der Waals surface area contributed by atoms with Gasteiger partial charge in [-0.1, -0.05) is 72.3 Å². The fourth-order valence-electron chi connectivity index (χ4n) is 4.23. The normalized spacial score (nSPS) is 10.8. The third kappa shape index (κ3) is 6.65. The molecule has 0 aliphatic heterocycles. The Hall–Kier alpha value is -5.83. The van der Waals surface area contributed by atoms with Gasteiger partial charge in [-0.05, 0) is 55.8 Å². The van der Waals surface area contributed by atoms with E-state index in [0.29, 0.717) is 16.9 Å². The number of aromatic nitrogens is 2. The first kappa shape index (κ1) is 27.7. The average Bonchev–Trinajstić information content (AvgIpc) is 3.42. The largest absolute Gasteiger partial charge is 0.329 e. The van der Waals surface area contributed by atoms with E-state index < -0.39 is 17.7 Å². The summed E-state index contributed by atoms with van der Waals surface area (Å²) in [5.74, 6) is -2.39. The van der Waals surface area contributed by atoms with Gasteiger partial charge in [-0.15, -0.1) is 0 Å². The fraction of sp³-hybridized carbons (Fsp3) is 0.0606. The molecule has 9 nitrogen and oxygen atoms in total. The lowest BCUT2D eigenvalue weighted by atomic mass is 10.1. The molecule has 0 unspecified atom stereocenters. The standard InChI is InChI=1S/C33H28N6O3/c1-22-15-17-24(18-16-22)30-25(21-39(38-30)27-11-4-3-5-12-27)20-34-37-33(42)32(41)36-29-14-7-6-13-28(29)31(40)35-26-10-8-9-23(2)19-26/h3-21H,1-2H3,(H,35,40)(H,36,41)(H,37,42)/b34-20+. The Kier molecular flexibility index (Phi) is 8.29. The minimum atomic E-state index is -0.993. The van der Waals surface area contributed by atoms with Gasteiger partial charge in [0.2, 0.25) is 0 Å². The van der Waals surface area contributed by atoms with Gasteiger partial charge in [-0.3, -0.25) is 14.4 Å². The third-order valence-electron chi connectivity index (χ3n) is 6.36. The van der Waals surface area contributed by atoms with Crippen LogP contribution in [-0.4, -0.2) is 33.7 Å². The van der Waals surface area contributed by atoms with Crippen molar-refractivity contribution in [3.05, 3.63) is 132 Å². The van der Waals surface area contributed by atoms with E-state index in [4.69, 9.17) is 5.10 Å². The zero-order chi connectivity index (χ0) is 29.5. The second-order valence-electron chi connectivity index (χ2n) is 9.60. The fourth-order valence-corrected chi connectivity index (χ4v) is 4.23. The van der Waals surface area contributed by atoms with Gasteiger partial charge in [-0.25, -0.2) is 10.1 Å². The molecule has 3 N–H and O–H groups in total. The number of para-hydroxylation sites is 2. The number of nitrogens with zero attached hydrogens (tertiary/aromatic N) is 3. The van der Waals surface area contributed by atoms with Crippen LogP contribution in [0.2, 0.25) is 0 Å². The van der Waals surface area contributed by atoms with Crippen molar-refractivity contribution in [3.63, 3.8) is 0 Å². The first-order valence-corrected chi connectivity index (χ1v) is 13.2. The molecule has 5 rings (SSSR count).